The van der Waals surface area contributed by atoms with E-state index in [1.165, 1.54) is 43.6 Å². The molecule has 9 heteroatoms. The number of amides is 2. The third-order valence-corrected chi connectivity index (χ3v) is 3.53. The van der Waals surface area contributed by atoms with E-state index in [1.807, 2.05) is 0 Å². The van der Waals surface area contributed by atoms with Crippen molar-refractivity contribution in [2.75, 3.05) is 32.1 Å². The van der Waals surface area contributed by atoms with Crippen molar-refractivity contribution in [3.8, 4) is 5.88 Å². The second kappa shape index (κ2) is 10.0. The molecule has 0 bridgehead atoms. The predicted octanol–water partition coefficient (Wildman–Crippen LogP) is 1.87. The highest BCUT2D eigenvalue weighted by atomic mass is 19.1. The number of benzene rings is 1. The third-order valence-electron chi connectivity index (χ3n) is 3.53. The summed E-state index contributed by atoms with van der Waals surface area (Å²) in [6, 6.07) is 8.25. The molecule has 0 atom stereocenters. The molecule has 0 aliphatic rings. The van der Waals surface area contributed by atoms with Gasteiger partial charge >= 0.3 is 5.97 Å². The summed E-state index contributed by atoms with van der Waals surface area (Å²) < 4.78 is 23.1. The van der Waals surface area contributed by atoms with Gasteiger partial charge in [-0.3, -0.25) is 9.59 Å². The molecule has 2 aromatic rings. The fourth-order valence-corrected chi connectivity index (χ4v) is 2.15. The van der Waals surface area contributed by atoms with Crippen LogP contribution in [0.3, 0.4) is 0 Å². The van der Waals surface area contributed by atoms with E-state index >= 15 is 0 Å². The SMILES string of the molecule is CCOc1ncccc1C(=O)OCC(=O)N(C)CC(=O)Nc1ccc(F)cc1. The van der Waals surface area contributed by atoms with Crippen molar-refractivity contribution in [3.05, 3.63) is 54.0 Å². The minimum absolute atomic E-state index is 0.105. The van der Waals surface area contributed by atoms with Gasteiger partial charge in [-0.15, -0.1) is 0 Å². The molecule has 0 aliphatic heterocycles. The number of hydrogen-bond acceptors (Lipinski definition) is 6. The fraction of sp³-hybridized carbons (Fsp3) is 0.263. The first-order valence-electron chi connectivity index (χ1n) is 8.45. The van der Waals surface area contributed by atoms with Gasteiger partial charge in [0.25, 0.3) is 5.91 Å². The van der Waals surface area contributed by atoms with Gasteiger partial charge in [0, 0.05) is 18.9 Å². The van der Waals surface area contributed by atoms with Crippen LogP contribution in [0, 0.1) is 5.82 Å². The Bertz CT molecular complexity index is 842. The molecular weight excluding hydrogens is 369 g/mol. The summed E-state index contributed by atoms with van der Waals surface area (Å²) in [6.45, 7) is 1.27. The largest absolute Gasteiger partial charge is 0.477 e. The molecule has 28 heavy (non-hydrogen) atoms. The quantitative estimate of drug-likeness (QED) is 0.693. The molecule has 0 saturated carbocycles. The number of esters is 1. The molecule has 1 N–H and O–H groups in total. The number of halogens is 1. The number of ether oxygens (including phenoxy) is 2. The second-order valence-corrected chi connectivity index (χ2v) is 5.67. The van der Waals surface area contributed by atoms with Crippen LogP contribution in [-0.4, -0.2) is 54.5 Å². The first-order chi connectivity index (χ1) is 13.4. The van der Waals surface area contributed by atoms with E-state index in [0.717, 1.165) is 4.90 Å². The summed E-state index contributed by atoms with van der Waals surface area (Å²) in [5.41, 5.74) is 0.507. The van der Waals surface area contributed by atoms with Crippen LogP contribution in [0.5, 0.6) is 5.88 Å². The molecule has 0 radical (unpaired) electrons. The second-order valence-electron chi connectivity index (χ2n) is 5.67. The van der Waals surface area contributed by atoms with Gasteiger partial charge in [0.15, 0.2) is 6.61 Å². The number of nitrogens with one attached hydrogen (secondary N) is 1. The lowest BCUT2D eigenvalue weighted by Gasteiger charge is -2.17. The fourth-order valence-electron chi connectivity index (χ4n) is 2.15. The number of carbonyl (C=O) groups is 3. The highest BCUT2D eigenvalue weighted by Crippen LogP contribution is 2.15. The van der Waals surface area contributed by atoms with Crippen LogP contribution in [0.1, 0.15) is 17.3 Å². The molecule has 0 aliphatic carbocycles. The van der Waals surface area contributed by atoms with Crippen molar-refractivity contribution < 1.29 is 28.2 Å². The first-order valence-corrected chi connectivity index (χ1v) is 8.45. The maximum atomic E-state index is 12.9. The average molecular weight is 389 g/mol. The summed E-state index contributed by atoms with van der Waals surface area (Å²) in [5.74, 6) is -2.10. The Balaban J connectivity index is 1.84. The Morgan fingerprint density at radius 1 is 1.18 bits per heavy atom. The van der Waals surface area contributed by atoms with Crippen LogP contribution in [0.2, 0.25) is 0 Å². The van der Waals surface area contributed by atoms with E-state index < -0.39 is 30.2 Å². The third kappa shape index (κ3) is 6.04. The van der Waals surface area contributed by atoms with Gasteiger partial charge in [-0.1, -0.05) is 0 Å². The number of likely N-dealkylation sites (N-methyl/N-ethyl adjacent to an activating group) is 1. The number of rotatable bonds is 8. The molecule has 1 aromatic carbocycles. The van der Waals surface area contributed by atoms with E-state index in [1.54, 1.807) is 13.0 Å². The smallest absolute Gasteiger partial charge is 0.344 e. The van der Waals surface area contributed by atoms with Crippen molar-refractivity contribution in [2.45, 2.75) is 6.92 Å². The van der Waals surface area contributed by atoms with Crippen LogP contribution < -0.4 is 10.1 Å². The Hall–Kier alpha value is -3.49. The highest BCUT2D eigenvalue weighted by Gasteiger charge is 2.19. The van der Waals surface area contributed by atoms with E-state index in [9.17, 15) is 18.8 Å². The van der Waals surface area contributed by atoms with Crippen LogP contribution in [-0.2, 0) is 14.3 Å². The van der Waals surface area contributed by atoms with E-state index in [-0.39, 0.29) is 18.0 Å². The van der Waals surface area contributed by atoms with Gasteiger partial charge in [-0.2, -0.15) is 0 Å². The molecule has 1 heterocycles. The molecule has 0 saturated heterocycles. The maximum Gasteiger partial charge on any atom is 0.344 e. The van der Waals surface area contributed by atoms with Crippen molar-refractivity contribution in [1.29, 1.82) is 0 Å². The molecule has 0 unspecified atom stereocenters. The van der Waals surface area contributed by atoms with Crippen LogP contribution in [0.4, 0.5) is 10.1 Å². The van der Waals surface area contributed by atoms with Gasteiger partial charge in [-0.25, -0.2) is 14.2 Å². The van der Waals surface area contributed by atoms with E-state index in [4.69, 9.17) is 9.47 Å². The highest BCUT2D eigenvalue weighted by molar-refractivity contribution is 5.96. The predicted molar refractivity (Wildman–Crippen MR) is 98.4 cm³/mol. The number of aromatic nitrogens is 1. The summed E-state index contributed by atoms with van der Waals surface area (Å²) in [7, 11) is 1.40. The number of pyridine rings is 1. The number of hydrogen-bond donors (Lipinski definition) is 1. The molecule has 2 rings (SSSR count). The van der Waals surface area contributed by atoms with Crippen molar-refractivity contribution in [2.24, 2.45) is 0 Å². The number of nitrogens with zero attached hydrogens (tertiary/aromatic N) is 2. The maximum absolute atomic E-state index is 12.9. The van der Waals surface area contributed by atoms with Gasteiger partial charge in [-0.05, 0) is 43.3 Å². The zero-order chi connectivity index (χ0) is 20.5. The average Bonchev–Trinajstić information content (AvgIpc) is 2.68. The standard InChI is InChI=1S/C19H20FN3O5/c1-3-27-18-15(5-4-10-21-18)19(26)28-12-17(25)23(2)11-16(24)22-14-8-6-13(20)7-9-14/h4-10H,3,11-12H2,1-2H3,(H,22,24). The molecular formula is C19H20FN3O5. The Kier molecular flexibility index (Phi) is 7.44. The van der Waals surface area contributed by atoms with Crippen molar-refractivity contribution in [1.82, 2.24) is 9.88 Å². The molecule has 0 fully saturated rings. The Morgan fingerprint density at radius 2 is 1.89 bits per heavy atom. The molecule has 0 spiro atoms. The van der Waals surface area contributed by atoms with E-state index in [0.29, 0.717) is 12.3 Å². The molecule has 1 aromatic heterocycles. The van der Waals surface area contributed by atoms with Crippen LogP contribution in [0.15, 0.2) is 42.6 Å². The summed E-state index contributed by atoms with van der Waals surface area (Å²) in [5, 5.41) is 2.54. The lowest BCUT2D eigenvalue weighted by Crippen LogP contribution is -2.37. The Labute approximate surface area is 161 Å². The monoisotopic (exact) mass is 389 g/mol. The lowest BCUT2D eigenvalue weighted by molar-refractivity contribution is -0.136. The zero-order valence-corrected chi connectivity index (χ0v) is 15.5. The van der Waals surface area contributed by atoms with E-state index in [2.05, 4.69) is 10.3 Å². The molecule has 148 valence electrons. The number of anilines is 1. The minimum Gasteiger partial charge on any atom is -0.477 e. The van der Waals surface area contributed by atoms with Gasteiger partial charge in [0.1, 0.15) is 11.4 Å². The summed E-state index contributed by atoms with van der Waals surface area (Å²) >= 11 is 0. The zero-order valence-electron chi connectivity index (χ0n) is 15.5. The van der Waals surface area contributed by atoms with Gasteiger partial charge in [0.2, 0.25) is 11.8 Å². The topological polar surface area (TPSA) is 97.8 Å². The first kappa shape index (κ1) is 20.8. The summed E-state index contributed by atoms with van der Waals surface area (Å²) in [6.07, 6.45) is 1.47. The Morgan fingerprint density at radius 3 is 2.57 bits per heavy atom. The van der Waals surface area contributed by atoms with Crippen molar-refractivity contribution >= 4 is 23.5 Å². The van der Waals surface area contributed by atoms with Crippen molar-refractivity contribution in [3.63, 3.8) is 0 Å². The number of carbonyl (C=O) groups excluding carboxylic acids is 3. The van der Waals surface area contributed by atoms with Gasteiger partial charge < -0.3 is 19.7 Å². The molecule has 2 amide bonds. The molecule has 8 nitrogen and oxygen atoms in total. The normalized spacial score (nSPS) is 10.1. The van der Waals surface area contributed by atoms with Crippen LogP contribution in [0.25, 0.3) is 0 Å². The van der Waals surface area contributed by atoms with Gasteiger partial charge in [0.05, 0.1) is 13.2 Å². The minimum atomic E-state index is -0.755. The lowest BCUT2D eigenvalue weighted by atomic mass is 10.3. The van der Waals surface area contributed by atoms with Crippen LogP contribution >= 0.6 is 0 Å². The summed E-state index contributed by atoms with van der Waals surface area (Å²) in [4.78, 5) is 41.2.